The van der Waals surface area contributed by atoms with Crippen molar-refractivity contribution in [3.63, 3.8) is 0 Å². The number of ether oxygens (including phenoxy) is 1. The molecule has 0 aliphatic rings. The van der Waals surface area contributed by atoms with Crippen molar-refractivity contribution in [2.24, 2.45) is 5.73 Å². The van der Waals surface area contributed by atoms with Crippen molar-refractivity contribution in [2.75, 3.05) is 13.2 Å². The third-order valence-corrected chi connectivity index (χ3v) is 2.81. The van der Waals surface area contributed by atoms with Gasteiger partial charge in [-0.15, -0.1) is 0 Å². The van der Waals surface area contributed by atoms with E-state index in [9.17, 15) is 4.79 Å². The molecular formula is C16H17NO2. The zero-order valence-electron chi connectivity index (χ0n) is 10.7. The smallest absolute Gasteiger partial charge is 0.338 e. The molecule has 0 heterocycles. The molecule has 2 N–H and O–H groups in total. The molecular weight excluding hydrogens is 238 g/mol. The monoisotopic (exact) mass is 255 g/mol. The van der Waals surface area contributed by atoms with Crippen LogP contribution in [0, 0.1) is 0 Å². The molecule has 0 spiro atoms. The number of carbonyl (C=O) groups excluding carboxylic acids is 1. The first kappa shape index (κ1) is 13.3. The Kier molecular flexibility index (Phi) is 4.70. The zero-order chi connectivity index (χ0) is 13.5. The molecule has 0 fully saturated rings. The SMILES string of the molecule is NCCCOC(=O)c1ccc(-c2ccccc2)cc1. The quantitative estimate of drug-likeness (QED) is 0.660. The second-order valence-corrected chi connectivity index (χ2v) is 4.22. The summed E-state index contributed by atoms with van der Waals surface area (Å²) in [5, 5.41) is 0. The average Bonchev–Trinajstić information content (AvgIpc) is 2.48. The van der Waals surface area contributed by atoms with E-state index in [0.717, 1.165) is 11.1 Å². The van der Waals surface area contributed by atoms with Crippen LogP contribution in [-0.4, -0.2) is 19.1 Å². The van der Waals surface area contributed by atoms with Crippen molar-refractivity contribution in [1.29, 1.82) is 0 Å². The van der Waals surface area contributed by atoms with Crippen LogP contribution in [0.1, 0.15) is 16.8 Å². The third-order valence-electron chi connectivity index (χ3n) is 2.81. The lowest BCUT2D eigenvalue weighted by atomic mass is 10.0. The van der Waals surface area contributed by atoms with Crippen LogP contribution in [0.4, 0.5) is 0 Å². The van der Waals surface area contributed by atoms with Gasteiger partial charge < -0.3 is 10.5 Å². The Morgan fingerprint density at radius 1 is 0.947 bits per heavy atom. The highest BCUT2D eigenvalue weighted by molar-refractivity contribution is 5.90. The van der Waals surface area contributed by atoms with Crippen molar-refractivity contribution < 1.29 is 9.53 Å². The van der Waals surface area contributed by atoms with E-state index >= 15 is 0 Å². The van der Waals surface area contributed by atoms with Crippen LogP contribution < -0.4 is 5.73 Å². The lowest BCUT2D eigenvalue weighted by molar-refractivity contribution is 0.0503. The average molecular weight is 255 g/mol. The standard InChI is InChI=1S/C16H17NO2/c17-11-4-12-19-16(18)15-9-7-14(8-10-15)13-5-2-1-3-6-13/h1-3,5-10H,4,11-12,17H2. The third kappa shape index (κ3) is 3.66. The van der Waals surface area contributed by atoms with Gasteiger partial charge in [-0.3, -0.25) is 0 Å². The Morgan fingerprint density at radius 3 is 2.21 bits per heavy atom. The molecule has 0 amide bonds. The van der Waals surface area contributed by atoms with Crippen molar-refractivity contribution in [1.82, 2.24) is 0 Å². The van der Waals surface area contributed by atoms with Gasteiger partial charge in [0.1, 0.15) is 0 Å². The van der Waals surface area contributed by atoms with Crippen LogP contribution in [0.15, 0.2) is 54.6 Å². The number of hydrogen-bond acceptors (Lipinski definition) is 3. The Bertz CT molecular complexity index is 520. The van der Waals surface area contributed by atoms with E-state index in [1.807, 2.05) is 42.5 Å². The summed E-state index contributed by atoms with van der Waals surface area (Å²) in [4.78, 5) is 11.7. The second-order valence-electron chi connectivity index (χ2n) is 4.22. The van der Waals surface area contributed by atoms with Gasteiger partial charge in [-0.1, -0.05) is 42.5 Å². The highest BCUT2D eigenvalue weighted by atomic mass is 16.5. The molecule has 0 aromatic heterocycles. The van der Waals surface area contributed by atoms with Crippen molar-refractivity contribution in [3.8, 4) is 11.1 Å². The first-order valence-corrected chi connectivity index (χ1v) is 6.34. The fourth-order valence-corrected chi connectivity index (χ4v) is 1.76. The predicted molar refractivity (Wildman–Crippen MR) is 75.8 cm³/mol. The number of esters is 1. The van der Waals surface area contributed by atoms with Gasteiger partial charge in [0.25, 0.3) is 0 Å². The van der Waals surface area contributed by atoms with Crippen molar-refractivity contribution in [3.05, 3.63) is 60.2 Å². The highest BCUT2D eigenvalue weighted by Gasteiger charge is 2.06. The molecule has 2 rings (SSSR count). The lowest BCUT2D eigenvalue weighted by Crippen LogP contribution is -2.09. The number of rotatable bonds is 5. The van der Waals surface area contributed by atoms with E-state index < -0.39 is 0 Å². The first-order valence-electron chi connectivity index (χ1n) is 6.34. The zero-order valence-corrected chi connectivity index (χ0v) is 10.7. The number of hydrogen-bond donors (Lipinski definition) is 1. The maximum atomic E-state index is 11.7. The molecule has 0 unspecified atom stereocenters. The summed E-state index contributed by atoms with van der Waals surface area (Å²) in [6.45, 7) is 0.899. The molecule has 19 heavy (non-hydrogen) atoms. The summed E-state index contributed by atoms with van der Waals surface area (Å²) in [6, 6.07) is 17.5. The fraction of sp³-hybridized carbons (Fsp3) is 0.188. The number of nitrogens with two attached hydrogens (primary N) is 1. The predicted octanol–water partition coefficient (Wildman–Crippen LogP) is 2.86. The van der Waals surface area contributed by atoms with Gasteiger partial charge >= 0.3 is 5.97 Å². The summed E-state index contributed by atoms with van der Waals surface area (Å²) >= 11 is 0. The van der Waals surface area contributed by atoms with Crippen LogP contribution in [0.2, 0.25) is 0 Å². The number of benzene rings is 2. The van der Waals surface area contributed by atoms with E-state index in [1.54, 1.807) is 12.1 Å². The van der Waals surface area contributed by atoms with Gasteiger partial charge in [0.2, 0.25) is 0 Å². The Hall–Kier alpha value is -2.13. The molecule has 0 radical (unpaired) electrons. The van der Waals surface area contributed by atoms with E-state index in [0.29, 0.717) is 25.1 Å². The molecule has 0 atom stereocenters. The summed E-state index contributed by atoms with van der Waals surface area (Å²) in [5.74, 6) is -0.298. The van der Waals surface area contributed by atoms with Crippen LogP contribution in [0.5, 0.6) is 0 Å². The van der Waals surface area contributed by atoms with Crippen molar-refractivity contribution in [2.45, 2.75) is 6.42 Å². The molecule has 2 aromatic carbocycles. The van der Waals surface area contributed by atoms with Gasteiger partial charge in [-0.05, 0) is 36.2 Å². The molecule has 98 valence electrons. The molecule has 3 heteroatoms. The van der Waals surface area contributed by atoms with E-state index in [4.69, 9.17) is 10.5 Å². The summed E-state index contributed by atoms with van der Waals surface area (Å²) in [7, 11) is 0. The van der Waals surface area contributed by atoms with Crippen molar-refractivity contribution >= 4 is 5.97 Å². The van der Waals surface area contributed by atoms with Gasteiger partial charge in [-0.2, -0.15) is 0 Å². The normalized spacial score (nSPS) is 10.2. The first-order chi connectivity index (χ1) is 9.31. The Balaban J connectivity index is 2.04. The Morgan fingerprint density at radius 2 is 1.58 bits per heavy atom. The molecule has 0 saturated heterocycles. The minimum Gasteiger partial charge on any atom is -0.462 e. The van der Waals surface area contributed by atoms with Crippen LogP contribution in [0.3, 0.4) is 0 Å². The molecule has 3 nitrogen and oxygen atoms in total. The van der Waals surface area contributed by atoms with E-state index in [2.05, 4.69) is 0 Å². The molecule has 0 bridgehead atoms. The minimum absolute atomic E-state index is 0.298. The summed E-state index contributed by atoms with van der Waals surface area (Å²) < 4.78 is 5.10. The van der Waals surface area contributed by atoms with Crippen LogP contribution in [0.25, 0.3) is 11.1 Å². The topological polar surface area (TPSA) is 52.3 Å². The molecule has 0 aliphatic carbocycles. The van der Waals surface area contributed by atoms with E-state index in [1.165, 1.54) is 0 Å². The van der Waals surface area contributed by atoms with Crippen LogP contribution >= 0.6 is 0 Å². The fourth-order valence-electron chi connectivity index (χ4n) is 1.76. The second kappa shape index (κ2) is 6.71. The van der Waals surface area contributed by atoms with Gasteiger partial charge in [0.05, 0.1) is 12.2 Å². The summed E-state index contributed by atoms with van der Waals surface area (Å²) in [6.07, 6.45) is 0.688. The number of carbonyl (C=O) groups is 1. The maximum Gasteiger partial charge on any atom is 0.338 e. The largest absolute Gasteiger partial charge is 0.462 e. The van der Waals surface area contributed by atoms with E-state index in [-0.39, 0.29) is 5.97 Å². The molecule has 0 aliphatic heterocycles. The lowest BCUT2D eigenvalue weighted by Gasteiger charge is -2.05. The molecule has 0 saturated carbocycles. The molecule has 2 aromatic rings. The van der Waals surface area contributed by atoms with Gasteiger partial charge in [-0.25, -0.2) is 4.79 Å². The highest BCUT2D eigenvalue weighted by Crippen LogP contribution is 2.19. The summed E-state index contributed by atoms with van der Waals surface area (Å²) in [5.41, 5.74) is 8.13. The van der Waals surface area contributed by atoms with Gasteiger partial charge in [0.15, 0.2) is 0 Å². The Labute approximate surface area is 113 Å². The maximum absolute atomic E-state index is 11.7. The van der Waals surface area contributed by atoms with Gasteiger partial charge in [0, 0.05) is 0 Å². The van der Waals surface area contributed by atoms with Crippen LogP contribution in [-0.2, 0) is 4.74 Å². The minimum atomic E-state index is -0.298.